The highest BCUT2D eigenvalue weighted by Gasteiger charge is 2.39. The molecule has 36 heavy (non-hydrogen) atoms. The third-order valence-electron chi connectivity index (χ3n) is 8.50. The lowest BCUT2D eigenvalue weighted by molar-refractivity contribution is 0.169. The van der Waals surface area contributed by atoms with E-state index in [-0.39, 0.29) is 0 Å². The van der Waals surface area contributed by atoms with E-state index in [0.717, 1.165) is 6.61 Å². The lowest BCUT2D eigenvalue weighted by Gasteiger charge is -2.42. The molecule has 0 aliphatic heterocycles. The van der Waals surface area contributed by atoms with Crippen LogP contribution >= 0.6 is 0 Å². The van der Waals surface area contributed by atoms with Crippen LogP contribution in [-0.4, -0.2) is 88.5 Å². The van der Waals surface area contributed by atoms with E-state index in [4.69, 9.17) is 4.43 Å². The zero-order valence-electron chi connectivity index (χ0n) is 26.6. The van der Waals surface area contributed by atoms with Gasteiger partial charge in [0.2, 0.25) is 0 Å². The lowest BCUT2D eigenvalue weighted by atomic mass is 9.76. The van der Waals surface area contributed by atoms with Gasteiger partial charge < -0.3 is 19.1 Å². The van der Waals surface area contributed by atoms with Gasteiger partial charge in [0.25, 0.3) is 0 Å². The molecular weight excluding hydrogens is 458 g/mol. The van der Waals surface area contributed by atoms with Crippen molar-refractivity contribution in [1.29, 1.82) is 0 Å². The Labute approximate surface area is 230 Å². The minimum absolute atomic E-state index is 0.440. The molecule has 0 N–H and O–H groups in total. The predicted molar refractivity (Wildman–Crippen MR) is 166 cm³/mol. The molecule has 1 unspecified atom stereocenters. The number of hydrogen-bond donors (Lipinski definition) is 0. The summed E-state index contributed by atoms with van der Waals surface area (Å²) in [5.41, 5.74) is 0.440. The third-order valence-corrected chi connectivity index (χ3v) is 12.5. The third kappa shape index (κ3) is 15.5. The van der Waals surface area contributed by atoms with Gasteiger partial charge in [-0.15, -0.1) is 0 Å². The highest BCUT2D eigenvalue weighted by molar-refractivity contribution is 6.72. The van der Waals surface area contributed by atoms with Crippen LogP contribution in [0.15, 0.2) is 0 Å². The summed E-state index contributed by atoms with van der Waals surface area (Å²) >= 11 is 0. The molecule has 0 saturated carbocycles. The number of nitrogens with zero attached hydrogens (tertiary/aromatic N) is 3. The zero-order valence-corrected chi connectivity index (χ0v) is 27.6. The maximum atomic E-state index is 6.60. The van der Waals surface area contributed by atoms with Gasteiger partial charge in [0, 0.05) is 6.61 Å². The molecule has 1 atom stereocenters. The molecule has 0 aromatic heterocycles. The Kier molecular flexibility index (Phi) is 22.0. The minimum Gasteiger partial charge on any atom is -0.417 e. The second-order valence-electron chi connectivity index (χ2n) is 11.5. The van der Waals surface area contributed by atoms with Crippen molar-refractivity contribution in [2.45, 2.75) is 132 Å². The molecule has 0 rings (SSSR count). The van der Waals surface area contributed by atoms with Gasteiger partial charge in [-0.05, 0) is 148 Å². The topological polar surface area (TPSA) is 19.0 Å². The molecule has 4 nitrogen and oxygen atoms in total. The van der Waals surface area contributed by atoms with Crippen LogP contribution in [-0.2, 0) is 4.43 Å². The van der Waals surface area contributed by atoms with Gasteiger partial charge in [0.1, 0.15) is 0 Å². The molecule has 0 heterocycles. The van der Waals surface area contributed by atoms with Gasteiger partial charge in [-0.2, -0.15) is 0 Å². The second-order valence-corrected chi connectivity index (χ2v) is 15.8. The maximum Gasteiger partial charge on any atom is 0.190 e. The Morgan fingerprint density at radius 2 is 0.917 bits per heavy atom. The van der Waals surface area contributed by atoms with Crippen LogP contribution in [0, 0.1) is 5.41 Å². The van der Waals surface area contributed by atoms with Crippen molar-refractivity contribution < 1.29 is 4.43 Å². The molecule has 0 aromatic rings. The van der Waals surface area contributed by atoms with E-state index in [9.17, 15) is 0 Å². The summed E-state index contributed by atoms with van der Waals surface area (Å²) in [5, 5.41) is 0. The molecule has 0 aliphatic rings. The SMILES string of the molecule is CCCN(CC)CCCC(CCCN(CC)CCC)(CCCN(CC)CCC)C[Si](C)(CC)OCC. The number of rotatable bonds is 26. The molecule has 0 aromatic carbocycles. The first-order valence-corrected chi connectivity index (χ1v) is 18.9. The summed E-state index contributed by atoms with van der Waals surface area (Å²) in [6, 6.07) is 2.59. The zero-order chi connectivity index (χ0) is 27.3. The van der Waals surface area contributed by atoms with Gasteiger partial charge in [-0.3, -0.25) is 0 Å². The fourth-order valence-corrected chi connectivity index (χ4v) is 9.70. The average molecular weight is 528 g/mol. The van der Waals surface area contributed by atoms with E-state index in [2.05, 4.69) is 76.6 Å². The van der Waals surface area contributed by atoms with Crippen molar-refractivity contribution >= 4 is 8.32 Å². The Morgan fingerprint density at radius 1 is 0.556 bits per heavy atom. The predicted octanol–water partition coefficient (Wildman–Crippen LogP) is 8.14. The summed E-state index contributed by atoms with van der Waals surface area (Å²) in [6.45, 7) is 33.1. The normalized spacial score (nSPS) is 14.3. The lowest BCUT2D eigenvalue weighted by Crippen LogP contribution is -2.42. The van der Waals surface area contributed by atoms with E-state index >= 15 is 0 Å². The summed E-state index contributed by atoms with van der Waals surface area (Å²) in [6.07, 6.45) is 11.9. The molecule has 0 bridgehead atoms. The van der Waals surface area contributed by atoms with Crippen molar-refractivity contribution in [2.24, 2.45) is 5.41 Å². The summed E-state index contributed by atoms with van der Waals surface area (Å²) < 4.78 is 6.60. The number of hydrogen-bond acceptors (Lipinski definition) is 4. The van der Waals surface area contributed by atoms with Gasteiger partial charge >= 0.3 is 0 Å². The molecule has 218 valence electrons. The standard InChI is InChI=1S/C31H69N3OSi/c1-10-24-32(13-4)27-18-21-31(30-36(9,17-8)35-16-7,22-19-28-33(14-5)25-11-2)23-20-29-34(15-6)26-12-3/h10-30H2,1-9H3. The van der Waals surface area contributed by atoms with Crippen LogP contribution in [0.3, 0.4) is 0 Å². The second kappa shape index (κ2) is 21.9. The fraction of sp³-hybridized carbons (Fsp3) is 1.00. The van der Waals surface area contributed by atoms with E-state index in [1.807, 2.05) is 0 Å². The van der Waals surface area contributed by atoms with Gasteiger partial charge in [-0.25, -0.2) is 0 Å². The van der Waals surface area contributed by atoms with E-state index in [1.165, 1.54) is 129 Å². The highest BCUT2D eigenvalue weighted by atomic mass is 28.4. The summed E-state index contributed by atoms with van der Waals surface area (Å²) in [4.78, 5) is 8.01. The van der Waals surface area contributed by atoms with Crippen LogP contribution in [0.5, 0.6) is 0 Å². The van der Waals surface area contributed by atoms with E-state index < -0.39 is 8.32 Å². The maximum absolute atomic E-state index is 6.60. The van der Waals surface area contributed by atoms with Crippen molar-refractivity contribution in [2.75, 3.05) is 65.5 Å². The Hall–Kier alpha value is 0.0569. The highest BCUT2D eigenvalue weighted by Crippen LogP contribution is 2.44. The minimum atomic E-state index is -1.70. The Bertz CT molecular complexity index is 442. The van der Waals surface area contributed by atoms with Crippen molar-refractivity contribution in [3.8, 4) is 0 Å². The summed E-state index contributed by atoms with van der Waals surface area (Å²) in [5.74, 6) is 0. The van der Waals surface area contributed by atoms with Gasteiger partial charge in [0.05, 0.1) is 0 Å². The van der Waals surface area contributed by atoms with Crippen molar-refractivity contribution in [3.05, 3.63) is 0 Å². The smallest absolute Gasteiger partial charge is 0.190 e. The van der Waals surface area contributed by atoms with Gasteiger partial charge in [-0.1, -0.05) is 48.5 Å². The summed E-state index contributed by atoms with van der Waals surface area (Å²) in [7, 11) is -1.70. The molecule has 0 radical (unpaired) electrons. The molecule has 0 saturated heterocycles. The monoisotopic (exact) mass is 528 g/mol. The van der Waals surface area contributed by atoms with Crippen LogP contribution in [0.25, 0.3) is 0 Å². The molecule has 5 heteroatoms. The average Bonchev–Trinajstić information content (AvgIpc) is 2.87. The van der Waals surface area contributed by atoms with Gasteiger partial charge in [0.15, 0.2) is 8.32 Å². The molecule has 0 fully saturated rings. The largest absolute Gasteiger partial charge is 0.417 e. The molecule has 0 amide bonds. The van der Waals surface area contributed by atoms with E-state index in [0.29, 0.717) is 5.41 Å². The Morgan fingerprint density at radius 3 is 1.17 bits per heavy atom. The molecule has 0 aliphatic carbocycles. The molecule has 0 spiro atoms. The Balaban J connectivity index is 5.74. The quantitative estimate of drug-likeness (QED) is 0.106. The first-order valence-electron chi connectivity index (χ1n) is 16.1. The van der Waals surface area contributed by atoms with Crippen LogP contribution in [0.1, 0.15) is 113 Å². The fourth-order valence-electron chi connectivity index (χ4n) is 6.33. The molecular formula is C31H69N3OSi. The van der Waals surface area contributed by atoms with Crippen molar-refractivity contribution in [3.63, 3.8) is 0 Å². The first kappa shape index (κ1) is 36.1. The van der Waals surface area contributed by atoms with E-state index in [1.54, 1.807) is 0 Å². The van der Waals surface area contributed by atoms with Crippen LogP contribution < -0.4 is 0 Å². The van der Waals surface area contributed by atoms with Crippen molar-refractivity contribution in [1.82, 2.24) is 14.7 Å². The first-order chi connectivity index (χ1) is 17.3. The van der Waals surface area contributed by atoms with Crippen LogP contribution in [0.4, 0.5) is 0 Å². The van der Waals surface area contributed by atoms with Crippen LogP contribution in [0.2, 0.25) is 18.6 Å².